The van der Waals surface area contributed by atoms with E-state index in [0.29, 0.717) is 12.5 Å². The van der Waals surface area contributed by atoms with Crippen LogP contribution in [0.5, 0.6) is 0 Å². The Bertz CT molecular complexity index is 247. The highest BCUT2D eigenvalue weighted by atomic mass is 16.2. The van der Waals surface area contributed by atoms with Crippen LogP contribution in [0.4, 0.5) is 0 Å². The molecule has 1 aliphatic rings. The Morgan fingerprint density at radius 2 is 2.17 bits per heavy atom. The average molecular weight is 256 g/mol. The number of carbonyl (C=O) groups is 1. The third-order valence-corrected chi connectivity index (χ3v) is 3.76. The molecule has 0 aromatic heterocycles. The molecule has 18 heavy (non-hydrogen) atoms. The molecule has 0 bridgehead atoms. The van der Waals surface area contributed by atoms with Crippen LogP contribution in [0.15, 0.2) is 0 Å². The predicted octanol–water partition coefficient (Wildman–Crippen LogP) is 0.563. The number of hydrogen-bond acceptors (Lipinski definition) is 4. The van der Waals surface area contributed by atoms with Crippen molar-refractivity contribution in [2.24, 2.45) is 5.84 Å². The van der Waals surface area contributed by atoms with Crippen molar-refractivity contribution >= 4 is 5.91 Å². The molecule has 0 aliphatic carbocycles. The van der Waals surface area contributed by atoms with Crippen molar-refractivity contribution in [1.82, 2.24) is 15.2 Å². The summed E-state index contributed by atoms with van der Waals surface area (Å²) in [6.45, 7) is 6.91. The first-order chi connectivity index (χ1) is 8.67. The zero-order chi connectivity index (χ0) is 13.4. The second kappa shape index (κ2) is 8.45. The molecule has 0 saturated carbocycles. The second-order valence-electron chi connectivity index (χ2n) is 5.24. The van der Waals surface area contributed by atoms with Gasteiger partial charge >= 0.3 is 0 Å². The summed E-state index contributed by atoms with van der Waals surface area (Å²) >= 11 is 0. The van der Waals surface area contributed by atoms with E-state index in [0.717, 1.165) is 19.4 Å². The van der Waals surface area contributed by atoms with Gasteiger partial charge in [0.05, 0.1) is 0 Å². The summed E-state index contributed by atoms with van der Waals surface area (Å²) in [5.74, 6) is 5.00. The molecular formula is C13H28N4O. The summed E-state index contributed by atoms with van der Waals surface area (Å²) in [5.41, 5.74) is 2.18. The zero-order valence-corrected chi connectivity index (χ0v) is 11.8. The lowest BCUT2D eigenvalue weighted by atomic mass is 10.1. The van der Waals surface area contributed by atoms with E-state index in [4.69, 9.17) is 5.84 Å². The molecule has 1 aliphatic heterocycles. The average Bonchev–Trinajstić information content (AvgIpc) is 2.55. The molecule has 3 N–H and O–H groups in total. The first kappa shape index (κ1) is 15.4. The van der Waals surface area contributed by atoms with Crippen molar-refractivity contribution in [3.63, 3.8) is 0 Å². The maximum absolute atomic E-state index is 11.0. The predicted molar refractivity (Wildman–Crippen MR) is 73.9 cm³/mol. The molecule has 106 valence electrons. The number of rotatable bonds is 6. The highest BCUT2D eigenvalue weighted by molar-refractivity contribution is 5.75. The van der Waals surface area contributed by atoms with Crippen LogP contribution < -0.4 is 11.3 Å². The topological polar surface area (TPSA) is 61.6 Å². The SMILES string of the molecule is CCC1CN(C)CCCN1CCCCC(=O)NN. The van der Waals surface area contributed by atoms with E-state index in [1.807, 2.05) is 0 Å². The van der Waals surface area contributed by atoms with E-state index >= 15 is 0 Å². The van der Waals surface area contributed by atoms with E-state index in [2.05, 4.69) is 29.2 Å². The van der Waals surface area contributed by atoms with Gasteiger partial charge in [-0.05, 0) is 52.4 Å². The van der Waals surface area contributed by atoms with E-state index in [-0.39, 0.29) is 5.91 Å². The van der Waals surface area contributed by atoms with Gasteiger partial charge in [-0.25, -0.2) is 5.84 Å². The fourth-order valence-electron chi connectivity index (χ4n) is 2.65. The molecule has 1 rings (SSSR count). The third-order valence-electron chi connectivity index (χ3n) is 3.76. The summed E-state index contributed by atoms with van der Waals surface area (Å²) in [6.07, 6.45) is 4.99. The molecule has 1 saturated heterocycles. The number of nitrogens with zero attached hydrogens (tertiary/aromatic N) is 2. The lowest BCUT2D eigenvalue weighted by Gasteiger charge is -2.30. The second-order valence-corrected chi connectivity index (χ2v) is 5.24. The molecule has 0 radical (unpaired) electrons. The van der Waals surface area contributed by atoms with Crippen molar-refractivity contribution in [3.8, 4) is 0 Å². The van der Waals surface area contributed by atoms with Gasteiger partial charge in [-0.3, -0.25) is 15.1 Å². The third kappa shape index (κ3) is 5.33. The van der Waals surface area contributed by atoms with Crippen LogP contribution >= 0.6 is 0 Å². The van der Waals surface area contributed by atoms with Gasteiger partial charge < -0.3 is 4.90 Å². The zero-order valence-electron chi connectivity index (χ0n) is 11.8. The first-order valence-electron chi connectivity index (χ1n) is 7.09. The van der Waals surface area contributed by atoms with Crippen molar-refractivity contribution in [2.45, 2.75) is 45.1 Å². The number of nitrogens with one attached hydrogen (secondary N) is 1. The highest BCUT2D eigenvalue weighted by Gasteiger charge is 2.21. The molecule has 1 atom stereocenters. The normalized spacial score (nSPS) is 22.7. The Morgan fingerprint density at radius 1 is 1.39 bits per heavy atom. The van der Waals surface area contributed by atoms with Gasteiger partial charge in [0.15, 0.2) is 0 Å². The van der Waals surface area contributed by atoms with Gasteiger partial charge in [-0.15, -0.1) is 0 Å². The molecule has 1 unspecified atom stereocenters. The molecule has 0 aromatic carbocycles. The van der Waals surface area contributed by atoms with Crippen LogP contribution in [-0.4, -0.2) is 55.0 Å². The van der Waals surface area contributed by atoms with E-state index in [1.165, 1.54) is 32.5 Å². The Balaban J connectivity index is 2.27. The van der Waals surface area contributed by atoms with Gasteiger partial charge in [0.25, 0.3) is 0 Å². The monoisotopic (exact) mass is 256 g/mol. The van der Waals surface area contributed by atoms with Gasteiger partial charge in [0.1, 0.15) is 0 Å². The summed E-state index contributed by atoms with van der Waals surface area (Å²) in [4.78, 5) is 16.0. The van der Waals surface area contributed by atoms with Crippen LogP contribution in [0.3, 0.4) is 0 Å². The number of hydrazine groups is 1. The number of likely N-dealkylation sites (N-methyl/N-ethyl adjacent to an activating group) is 1. The summed E-state index contributed by atoms with van der Waals surface area (Å²) in [5, 5.41) is 0. The van der Waals surface area contributed by atoms with E-state index < -0.39 is 0 Å². The number of nitrogens with two attached hydrogens (primary N) is 1. The van der Waals surface area contributed by atoms with Crippen LogP contribution in [0.25, 0.3) is 0 Å². The van der Waals surface area contributed by atoms with Crippen LogP contribution in [0.2, 0.25) is 0 Å². The summed E-state index contributed by atoms with van der Waals surface area (Å²) in [6, 6.07) is 0.667. The number of unbranched alkanes of at least 4 members (excludes halogenated alkanes) is 1. The summed E-state index contributed by atoms with van der Waals surface area (Å²) in [7, 11) is 2.21. The molecule has 1 heterocycles. The van der Waals surface area contributed by atoms with Crippen LogP contribution in [0.1, 0.15) is 39.0 Å². The molecule has 1 amide bonds. The van der Waals surface area contributed by atoms with Crippen molar-refractivity contribution in [2.75, 3.05) is 33.2 Å². The number of hydrogen-bond donors (Lipinski definition) is 2. The van der Waals surface area contributed by atoms with Crippen molar-refractivity contribution in [1.29, 1.82) is 0 Å². The van der Waals surface area contributed by atoms with Crippen molar-refractivity contribution in [3.05, 3.63) is 0 Å². The first-order valence-corrected chi connectivity index (χ1v) is 7.09. The van der Waals surface area contributed by atoms with Crippen LogP contribution in [0, 0.1) is 0 Å². The lowest BCUT2D eigenvalue weighted by molar-refractivity contribution is -0.121. The van der Waals surface area contributed by atoms with Gasteiger partial charge in [0.2, 0.25) is 5.91 Å². The molecule has 0 spiro atoms. The molecule has 5 nitrogen and oxygen atoms in total. The number of amides is 1. The largest absolute Gasteiger partial charge is 0.305 e. The van der Waals surface area contributed by atoms with Gasteiger partial charge in [0, 0.05) is 19.0 Å². The minimum atomic E-state index is -0.0577. The Morgan fingerprint density at radius 3 is 2.83 bits per heavy atom. The number of carbonyl (C=O) groups excluding carboxylic acids is 1. The minimum Gasteiger partial charge on any atom is -0.305 e. The minimum absolute atomic E-state index is 0.0577. The Hall–Kier alpha value is -0.650. The fourth-order valence-corrected chi connectivity index (χ4v) is 2.65. The van der Waals surface area contributed by atoms with Gasteiger partial charge in [-0.1, -0.05) is 6.92 Å². The molecule has 1 fully saturated rings. The van der Waals surface area contributed by atoms with E-state index in [9.17, 15) is 4.79 Å². The molecular weight excluding hydrogens is 228 g/mol. The summed E-state index contributed by atoms with van der Waals surface area (Å²) < 4.78 is 0. The highest BCUT2D eigenvalue weighted by Crippen LogP contribution is 2.13. The fraction of sp³-hybridized carbons (Fsp3) is 0.923. The maximum atomic E-state index is 11.0. The molecule has 5 heteroatoms. The van der Waals surface area contributed by atoms with E-state index in [1.54, 1.807) is 0 Å². The van der Waals surface area contributed by atoms with Gasteiger partial charge in [-0.2, -0.15) is 0 Å². The molecule has 0 aromatic rings. The van der Waals surface area contributed by atoms with Crippen molar-refractivity contribution < 1.29 is 4.79 Å². The van der Waals surface area contributed by atoms with Crippen LogP contribution in [-0.2, 0) is 4.79 Å². The lowest BCUT2D eigenvalue weighted by Crippen LogP contribution is -2.40. The quantitative estimate of drug-likeness (QED) is 0.315. The standard InChI is InChI=1S/C13H28N4O/c1-3-12-11-16(2)8-6-10-17(12)9-5-4-7-13(18)15-14/h12H,3-11,14H2,1-2H3,(H,15,18). The Kier molecular flexibility index (Phi) is 7.23. The smallest absolute Gasteiger partial charge is 0.233 e. The maximum Gasteiger partial charge on any atom is 0.233 e. The Labute approximate surface area is 111 Å².